The van der Waals surface area contributed by atoms with Crippen LogP contribution in [0.1, 0.15) is 12.5 Å². The molecule has 1 aromatic heterocycles. The van der Waals surface area contributed by atoms with Crippen LogP contribution in [0.4, 0.5) is 5.69 Å². The van der Waals surface area contributed by atoms with Gasteiger partial charge in [0, 0.05) is 30.6 Å². The fourth-order valence-corrected chi connectivity index (χ4v) is 2.81. The number of rotatable bonds is 5. The lowest BCUT2D eigenvalue weighted by Crippen LogP contribution is -2.39. The molecule has 3 rings (SSSR count). The smallest absolute Gasteiger partial charge is 0.240 e. The minimum absolute atomic E-state index is 0.257. The summed E-state index contributed by atoms with van der Waals surface area (Å²) in [6, 6.07) is 4.99. The van der Waals surface area contributed by atoms with Crippen LogP contribution >= 0.6 is 0 Å². The first kappa shape index (κ1) is 17.2. The number of hydrogen-bond donors (Lipinski definition) is 3. The number of aromatic nitrogens is 2. The average Bonchev–Trinajstić information content (AvgIpc) is 3.24. The van der Waals surface area contributed by atoms with Crippen molar-refractivity contribution in [3.63, 3.8) is 0 Å². The van der Waals surface area contributed by atoms with Crippen molar-refractivity contribution >= 4 is 21.6 Å². The Balaban J connectivity index is 2.05. The highest BCUT2D eigenvalue weighted by atomic mass is 32.2. The number of hydrogen-bond acceptors (Lipinski definition) is 7. The van der Waals surface area contributed by atoms with E-state index in [1.54, 1.807) is 31.5 Å². The Morgan fingerprint density at radius 1 is 1.32 bits per heavy atom. The topological polar surface area (TPSA) is 126 Å². The lowest BCUT2D eigenvalue weighted by Gasteiger charge is -2.19. The van der Waals surface area contributed by atoms with Crippen LogP contribution in [-0.4, -0.2) is 49.9 Å². The molecule has 0 saturated carbocycles. The van der Waals surface area contributed by atoms with Gasteiger partial charge in [0.25, 0.3) is 0 Å². The summed E-state index contributed by atoms with van der Waals surface area (Å²) in [7, 11) is -1.93. The van der Waals surface area contributed by atoms with Crippen molar-refractivity contribution in [2.75, 3.05) is 17.6 Å². The molecule has 0 spiro atoms. The number of anilines is 1. The molecule has 2 heterocycles. The monoisotopic (exact) mass is 364 g/mol. The van der Waals surface area contributed by atoms with Crippen molar-refractivity contribution in [3.05, 3.63) is 36.2 Å². The molecule has 9 nitrogen and oxygen atoms in total. The van der Waals surface area contributed by atoms with E-state index < -0.39 is 16.3 Å². The van der Waals surface area contributed by atoms with E-state index in [2.05, 4.69) is 20.5 Å². The summed E-state index contributed by atoms with van der Waals surface area (Å²) in [5.41, 5.74) is 10.4. The number of nitrogens with one attached hydrogen (secondary N) is 2. The van der Waals surface area contributed by atoms with Crippen LogP contribution in [0.5, 0.6) is 0 Å². The minimum Gasteiger partial charge on any atom is -0.449 e. The lowest BCUT2D eigenvalue weighted by molar-refractivity contribution is 0.162. The fourth-order valence-electron chi connectivity index (χ4n) is 2.32. The van der Waals surface area contributed by atoms with Crippen molar-refractivity contribution in [2.45, 2.75) is 19.2 Å². The Hall–Kier alpha value is -2.59. The lowest BCUT2D eigenvalue weighted by atomic mass is 10.1. The second kappa shape index (κ2) is 6.37. The molecule has 1 aromatic carbocycles. The first-order valence-electron chi connectivity index (χ1n) is 7.60. The van der Waals surface area contributed by atoms with Gasteiger partial charge in [-0.25, -0.2) is 13.4 Å². The molecule has 25 heavy (non-hydrogen) atoms. The van der Waals surface area contributed by atoms with Crippen LogP contribution in [0, 0.1) is 0 Å². The number of sulfonamides is 1. The van der Waals surface area contributed by atoms with E-state index in [1.807, 2.05) is 6.07 Å². The predicted molar refractivity (Wildman–Crippen MR) is 95.5 cm³/mol. The van der Waals surface area contributed by atoms with Gasteiger partial charge in [0.1, 0.15) is 5.82 Å². The third-order valence-electron chi connectivity index (χ3n) is 3.81. The van der Waals surface area contributed by atoms with Crippen molar-refractivity contribution in [2.24, 2.45) is 10.8 Å². The number of hydrazone groups is 1. The molecule has 2 unspecified atom stereocenters. The van der Waals surface area contributed by atoms with Gasteiger partial charge in [-0.1, -0.05) is 0 Å². The van der Waals surface area contributed by atoms with Gasteiger partial charge in [0.15, 0.2) is 0 Å². The van der Waals surface area contributed by atoms with Gasteiger partial charge in [-0.2, -0.15) is 0 Å². The average molecular weight is 364 g/mol. The quantitative estimate of drug-likeness (QED) is 0.706. The SMILES string of the molecule is CC(N)C1NN=C(c2cc(-c3ncc[nH]3)cc(N(C)S(C)(=O)=O)c2)O1. The van der Waals surface area contributed by atoms with Crippen LogP contribution in [0.3, 0.4) is 0 Å². The normalized spacial score (nSPS) is 18.2. The van der Waals surface area contributed by atoms with Crippen LogP contribution < -0.4 is 15.5 Å². The van der Waals surface area contributed by atoms with Crippen LogP contribution in [0.2, 0.25) is 0 Å². The molecule has 2 atom stereocenters. The van der Waals surface area contributed by atoms with E-state index >= 15 is 0 Å². The Bertz CT molecular complexity index is 892. The highest BCUT2D eigenvalue weighted by molar-refractivity contribution is 7.92. The summed E-state index contributed by atoms with van der Waals surface area (Å²) >= 11 is 0. The molecule has 0 radical (unpaired) electrons. The van der Waals surface area contributed by atoms with Crippen LogP contribution in [0.25, 0.3) is 11.4 Å². The first-order valence-corrected chi connectivity index (χ1v) is 9.45. The second-order valence-electron chi connectivity index (χ2n) is 5.88. The molecule has 134 valence electrons. The molecular formula is C15H20N6O3S. The molecule has 0 aliphatic carbocycles. The zero-order valence-electron chi connectivity index (χ0n) is 14.1. The van der Waals surface area contributed by atoms with E-state index in [0.29, 0.717) is 28.5 Å². The van der Waals surface area contributed by atoms with Crippen LogP contribution in [-0.2, 0) is 14.8 Å². The van der Waals surface area contributed by atoms with E-state index in [1.165, 1.54) is 11.4 Å². The Labute approximate surface area is 145 Å². The molecular weight excluding hydrogens is 344 g/mol. The summed E-state index contributed by atoms with van der Waals surface area (Å²) in [5, 5.41) is 4.16. The second-order valence-corrected chi connectivity index (χ2v) is 7.89. The zero-order chi connectivity index (χ0) is 18.2. The van der Waals surface area contributed by atoms with Gasteiger partial charge in [0.2, 0.25) is 22.1 Å². The molecule has 0 bridgehead atoms. The third kappa shape index (κ3) is 3.59. The maximum Gasteiger partial charge on any atom is 0.240 e. The molecule has 0 fully saturated rings. The molecule has 2 aromatic rings. The maximum absolute atomic E-state index is 11.9. The minimum atomic E-state index is -3.42. The molecule has 0 amide bonds. The highest BCUT2D eigenvalue weighted by Crippen LogP contribution is 2.27. The molecule has 4 N–H and O–H groups in total. The Morgan fingerprint density at radius 3 is 2.60 bits per heavy atom. The predicted octanol–water partition coefficient (Wildman–Crippen LogP) is 0.427. The zero-order valence-corrected chi connectivity index (χ0v) is 14.9. The van der Waals surface area contributed by atoms with Crippen molar-refractivity contribution in [1.82, 2.24) is 15.4 Å². The summed E-state index contributed by atoms with van der Waals surface area (Å²) in [6.45, 7) is 1.80. The van der Waals surface area contributed by atoms with Crippen LogP contribution in [0.15, 0.2) is 35.7 Å². The standard InChI is InChI=1S/C15H20N6O3S/c1-9(16)14-19-20-15(24-14)11-6-10(13-17-4-5-18-13)7-12(8-11)21(2)25(3,22)23/h4-9,14,19H,16H2,1-3H3,(H,17,18). The summed E-state index contributed by atoms with van der Waals surface area (Å²) < 4.78 is 30.7. The molecule has 1 aliphatic rings. The van der Waals surface area contributed by atoms with Gasteiger partial charge in [-0.3, -0.25) is 9.73 Å². The van der Waals surface area contributed by atoms with Gasteiger partial charge < -0.3 is 15.5 Å². The largest absolute Gasteiger partial charge is 0.449 e. The number of nitrogens with two attached hydrogens (primary N) is 1. The summed E-state index contributed by atoms with van der Waals surface area (Å²) in [5.74, 6) is 0.958. The van der Waals surface area contributed by atoms with Gasteiger partial charge in [-0.15, -0.1) is 5.10 Å². The number of imidazole rings is 1. The van der Waals surface area contributed by atoms with Gasteiger partial charge >= 0.3 is 0 Å². The van der Waals surface area contributed by atoms with Gasteiger partial charge in [-0.05, 0) is 25.1 Å². The molecule has 1 aliphatic heterocycles. The number of aromatic amines is 1. The number of nitrogens with zero attached hydrogens (tertiary/aromatic N) is 3. The summed E-state index contributed by atoms with van der Waals surface area (Å²) in [4.78, 5) is 7.23. The maximum atomic E-state index is 11.9. The van der Waals surface area contributed by atoms with E-state index in [4.69, 9.17) is 10.5 Å². The molecule has 0 saturated heterocycles. The highest BCUT2D eigenvalue weighted by Gasteiger charge is 2.25. The van der Waals surface area contributed by atoms with E-state index in [-0.39, 0.29) is 6.04 Å². The van der Waals surface area contributed by atoms with E-state index in [9.17, 15) is 8.42 Å². The first-order chi connectivity index (χ1) is 11.8. The Morgan fingerprint density at radius 2 is 2.04 bits per heavy atom. The van der Waals surface area contributed by atoms with Crippen molar-refractivity contribution < 1.29 is 13.2 Å². The summed E-state index contributed by atoms with van der Waals surface area (Å²) in [6.07, 6.45) is 4.03. The van der Waals surface area contributed by atoms with Crippen molar-refractivity contribution in [3.8, 4) is 11.4 Å². The number of H-pyrrole nitrogens is 1. The molecule has 10 heteroatoms. The number of benzene rings is 1. The van der Waals surface area contributed by atoms with Crippen molar-refractivity contribution in [1.29, 1.82) is 0 Å². The van der Waals surface area contributed by atoms with Gasteiger partial charge in [0.05, 0.1) is 18.0 Å². The third-order valence-corrected chi connectivity index (χ3v) is 5.01. The fraction of sp³-hybridized carbons (Fsp3) is 0.333. The Kier molecular flexibility index (Phi) is 4.39. The number of ether oxygens (including phenoxy) is 1. The van der Waals surface area contributed by atoms with E-state index in [0.717, 1.165) is 6.26 Å².